The van der Waals surface area contributed by atoms with Gasteiger partial charge < -0.3 is 10.1 Å². The molecule has 1 aromatic carbocycles. The van der Waals surface area contributed by atoms with E-state index in [-0.39, 0.29) is 6.61 Å². The third kappa shape index (κ3) is 3.60. The molecule has 0 amide bonds. The number of nitro benzene ring substituents is 1. The number of rotatable bonds is 5. The highest BCUT2D eigenvalue weighted by Gasteiger charge is 2.21. The van der Waals surface area contributed by atoms with Crippen molar-refractivity contribution in [2.24, 2.45) is 0 Å². The predicted molar refractivity (Wildman–Crippen MR) is 62.7 cm³/mol. The molecule has 6 nitrogen and oxygen atoms in total. The lowest BCUT2D eigenvalue weighted by molar-refractivity contribution is -0.385. The van der Waals surface area contributed by atoms with E-state index in [1.165, 1.54) is 6.92 Å². The summed E-state index contributed by atoms with van der Waals surface area (Å²) in [6, 6.07) is 0.164. The van der Waals surface area contributed by atoms with Crippen molar-refractivity contribution in [3.8, 4) is 0 Å². The third-order valence-electron chi connectivity index (χ3n) is 2.24. The van der Waals surface area contributed by atoms with Gasteiger partial charge in [0.05, 0.1) is 23.7 Å². The number of nitrogens with one attached hydrogen (secondary N) is 1. The summed E-state index contributed by atoms with van der Waals surface area (Å²) in [7, 11) is 0. The minimum absolute atomic E-state index is 0.135. The maximum Gasteiger partial charge on any atom is 0.328 e. The number of hydrogen-bond donors (Lipinski definition) is 1. The van der Waals surface area contributed by atoms with Gasteiger partial charge in [-0.25, -0.2) is 13.6 Å². The number of nitrogens with zero attached hydrogens (tertiary/aromatic N) is 1. The lowest BCUT2D eigenvalue weighted by Gasteiger charge is -2.14. The first-order valence-electron chi connectivity index (χ1n) is 5.43. The molecule has 1 N–H and O–H groups in total. The molecule has 8 heteroatoms. The smallest absolute Gasteiger partial charge is 0.328 e. The molecule has 1 unspecified atom stereocenters. The number of carbonyl (C=O) groups is 1. The summed E-state index contributed by atoms with van der Waals surface area (Å²) in [5.41, 5.74) is -1.31. The summed E-state index contributed by atoms with van der Waals surface area (Å²) in [4.78, 5) is 20.8. The summed E-state index contributed by atoms with van der Waals surface area (Å²) >= 11 is 0. The summed E-state index contributed by atoms with van der Waals surface area (Å²) in [5.74, 6) is -2.98. The van der Waals surface area contributed by atoms with Crippen molar-refractivity contribution >= 4 is 17.3 Å². The molecule has 0 bridgehead atoms. The lowest BCUT2D eigenvalue weighted by atomic mass is 10.2. The van der Waals surface area contributed by atoms with Crippen LogP contribution < -0.4 is 5.32 Å². The Bertz CT molecular complexity index is 484. The van der Waals surface area contributed by atoms with Crippen LogP contribution in [0, 0.1) is 21.7 Å². The molecule has 1 atom stereocenters. The second-order valence-corrected chi connectivity index (χ2v) is 3.66. The maximum atomic E-state index is 13.5. The molecule has 0 aromatic heterocycles. The Balaban J connectivity index is 2.96. The molecule has 104 valence electrons. The highest BCUT2D eigenvalue weighted by atomic mass is 19.1. The summed E-state index contributed by atoms with van der Waals surface area (Å²) in [6.07, 6.45) is 0. The number of anilines is 1. The van der Waals surface area contributed by atoms with Crippen LogP contribution in [-0.2, 0) is 9.53 Å². The fourth-order valence-electron chi connectivity index (χ4n) is 1.35. The Kier molecular flexibility index (Phi) is 4.74. The van der Waals surface area contributed by atoms with Crippen molar-refractivity contribution in [3.05, 3.63) is 33.9 Å². The second kappa shape index (κ2) is 6.07. The Morgan fingerprint density at radius 2 is 2.00 bits per heavy atom. The maximum absolute atomic E-state index is 13.5. The average molecular weight is 274 g/mol. The van der Waals surface area contributed by atoms with E-state index in [2.05, 4.69) is 10.1 Å². The molecule has 0 aliphatic carbocycles. The fraction of sp³-hybridized carbons (Fsp3) is 0.364. The van der Waals surface area contributed by atoms with Gasteiger partial charge in [0.25, 0.3) is 5.69 Å². The molecule has 0 fully saturated rings. The second-order valence-electron chi connectivity index (χ2n) is 3.66. The monoisotopic (exact) mass is 274 g/mol. The molecular weight excluding hydrogens is 262 g/mol. The minimum Gasteiger partial charge on any atom is -0.464 e. The highest BCUT2D eigenvalue weighted by molar-refractivity contribution is 5.79. The van der Waals surface area contributed by atoms with Crippen LogP contribution in [0.4, 0.5) is 20.2 Å². The molecule has 0 saturated heterocycles. The van der Waals surface area contributed by atoms with E-state index >= 15 is 0 Å². The van der Waals surface area contributed by atoms with E-state index in [4.69, 9.17) is 0 Å². The van der Waals surface area contributed by atoms with Crippen molar-refractivity contribution < 1.29 is 23.2 Å². The third-order valence-corrected chi connectivity index (χ3v) is 2.24. The van der Waals surface area contributed by atoms with Gasteiger partial charge in [-0.1, -0.05) is 0 Å². The number of ether oxygens (including phenoxy) is 1. The summed E-state index contributed by atoms with van der Waals surface area (Å²) in [5, 5.41) is 12.7. The van der Waals surface area contributed by atoms with Gasteiger partial charge in [0.1, 0.15) is 11.7 Å². The minimum atomic E-state index is -1.15. The van der Waals surface area contributed by atoms with E-state index in [1.54, 1.807) is 6.92 Å². The van der Waals surface area contributed by atoms with E-state index < -0.39 is 39.9 Å². The molecule has 0 spiro atoms. The van der Waals surface area contributed by atoms with Crippen LogP contribution in [0.5, 0.6) is 0 Å². The highest BCUT2D eigenvalue weighted by Crippen LogP contribution is 2.25. The molecule has 0 radical (unpaired) electrons. The number of hydrogen-bond acceptors (Lipinski definition) is 5. The molecule has 1 aromatic rings. The Morgan fingerprint density at radius 3 is 2.42 bits per heavy atom. The topological polar surface area (TPSA) is 81.5 Å². The van der Waals surface area contributed by atoms with Gasteiger partial charge in [-0.05, 0) is 13.8 Å². The largest absolute Gasteiger partial charge is 0.464 e. The average Bonchev–Trinajstić information content (AvgIpc) is 2.33. The van der Waals surface area contributed by atoms with Crippen molar-refractivity contribution in [1.29, 1.82) is 0 Å². The van der Waals surface area contributed by atoms with Gasteiger partial charge >= 0.3 is 5.97 Å². The molecule has 0 aliphatic heterocycles. The van der Waals surface area contributed by atoms with Gasteiger partial charge in [-0.15, -0.1) is 0 Å². The van der Waals surface area contributed by atoms with Gasteiger partial charge in [0, 0.05) is 0 Å². The van der Waals surface area contributed by atoms with Crippen LogP contribution in [0.25, 0.3) is 0 Å². The molecule has 19 heavy (non-hydrogen) atoms. The zero-order valence-electron chi connectivity index (χ0n) is 10.3. The standard InChI is InChI=1S/C11H12F2N2O4/c1-3-19-11(16)6(2)14-10-8(12)4-7(15(17)18)5-9(10)13/h4-6,14H,3H2,1-2H3. The van der Waals surface area contributed by atoms with Crippen LogP contribution in [-0.4, -0.2) is 23.5 Å². The van der Waals surface area contributed by atoms with Crippen LogP contribution in [0.1, 0.15) is 13.8 Å². The van der Waals surface area contributed by atoms with E-state index in [0.29, 0.717) is 12.1 Å². The SMILES string of the molecule is CCOC(=O)C(C)Nc1c(F)cc([N+](=O)[O-])cc1F. The normalized spacial score (nSPS) is 11.8. The Hall–Kier alpha value is -2.25. The number of halogens is 2. The van der Waals surface area contributed by atoms with Gasteiger partial charge in [0.2, 0.25) is 0 Å². The predicted octanol–water partition coefficient (Wildman–Crippen LogP) is 2.24. The number of nitro groups is 1. The molecule has 0 aliphatic rings. The van der Waals surface area contributed by atoms with Gasteiger partial charge in [-0.2, -0.15) is 0 Å². The van der Waals surface area contributed by atoms with E-state index in [1.807, 2.05) is 0 Å². The fourth-order valence-corrected chi connectivity index (χ4v) is 1.35. The number of non-ortho nitro benzene ring substituents is 1. The first-order chi connectivity index (χ1) is 8.86. The van der Waals surface area contributed by atoms with Gasteiger partial charge in [-0.3, -0.25) is 10.1 Å². The Morgan fingerprint density at radius 1 is 1.47 bits per heavy atom. The van der Waals surface area contributed by atoms with E-state index in [0.717, 1.165) is 0 Å². The molecule has 0 saturated carbocycles. The number of benzene rings is 1. The molecule has 1 rings (SSSR count). The van der Waals surface area contributed by atoms with Crippen LogP contribution in [0.3, 0.4) is 0 Å². The van der Waals surface area contributed by atoms with Crippen LogP contribution in [0.2, 0.25) is 0 Å². The summed E-state index contributed by atoms with van der Waals surface area (Å²) < 4.78 is 31.7. The quantitative estimate of drug-likeness (QED) is 0.506. The van der Waals surface area contributed by atoms with Crippen molar-refractivity contribution in [2.75, 3.05) is 11.9 Å². The zero-order chi connectivity index (χ0) is 14.6. The lowest BCUT2D eigenvalue weighted by Crippen LogP contribution is -2.29. The van der Waals surface area contributed by atoms with Crippen molar-refractivity contribution in [1.82, 2.24) is 0 Å². The first kappa shape index (κ1) is 14.8. The Labute approximate surface area is 107 Å². The summed E-state index contributed by atoms with van der Waals surface area (Å²) in [6.45, 7) is 3.09. The van der Waals surface area contributed by atoms with Crippen LogP contribution in [0.15, 0.2) is 12.1 Å². The van der Waals surface area contributed by atoms with Gasteiger partial charge in [0.15, 0.2) is 11.6 Å². The van der Waals surface area contributed by atoms with Crippen molar-refractivity contribution in [3.63, 3.8) is 0 Å². The van der Waals surface area contributed by atoms with E-state index in [9.17, 15) is 23.7 Å². The first-order valence-corrected chi connectivity index (χ1v) is 5.43. The van der Waals surface area contributed by atoms with Crippen LogP contribution >= 0.6 is 0 Å². The number of carbonyl (C=O) groups excluding carboxylic acids is 1. The van der Waals surface area contributed by atoms with Crippen molar-refractivity contribution in [2.45, 2.75) is 19.9 Å². The molecular formula is C11H12F2N2O4. The zero-order valence-corrected chi connectivity index (χ0v) is 10.3. The molecule has 0 heterocycles. The number of esters is 1.